The first-order valence-corrected chi connectivity index (χ1v) is 4.94. The molecule has 0 amide bonds. The van der Waals surface area contributed by atoms with Gasteiger partial charge in [0.1, 0.15) is 11.5 Å². The number of benzene rings is 1. The summed E-state index contributed by atoms with van der Waals surface area (Å²) in [5, 5.41) is 12.2. The van der Waals surface area contributed by atoms with Crippen molar-refractivity contribution in [3.05, 3.63) is 47.5 Å². The lowest BCUT2D eigenvalue weighted by Gasteiger charge is -2.08. The molecule has 2 aromatic rings. The number of aromatic nitrogens is 2. The predicted octanol–water partition coefficient (Wildman–Crippen LogP) is 2.73. The van der Waals surface area contributed by atoms with Gasteiger partial charge in [0.25, 0.3) is 0 Å². The minimum Gasteiger partial charge on any atom is -0.478 e. The van der Waals surface area contributed by atoms with Crippen molar-refractivity contribution in [3.63, 3.8) is 0 Å². The molecule has 0 aliphatic rings. The van der Waals surface area contributed by atoms with Crippen LogP contribution in [0.2, 0.25) is 0 Å². The van der Waals surface area contributed by atoms with Gasteiger partial charge in [-0.3, -0.25) is 0 Å². The van der Waals surface area contributed by atoms with Crippen molar-refractivity contribution in [1.29, 1.82) is 0 Å². The number of aromatic carboxylic acids is 1. The van der Waals surface area contributed by atoms with Gasteiger partial charge in [-0.05, 0) is 18.2 Å². The summed E-state index contributed by atoms with van der Waals surface area (Å²) in [5.41, 5.74) is -1.58. The Hall–Kier alpha value is -2.38. The number of carboxylic acids is 1. The van der Waals surface area contributed by atoms with Crippen molar-refractivity contribution >= 4 is 5.97 Å². The third kappa shape index (κ3) is 2.56. The van der Waals surface area contributed by atoms with Crippen LogP contribution in [0.4, 0.5) is 17.6 Å². The minimum absolute atomic E-state index is 0.195. The van der Waals surface area contributed by atoms with Crippen LogP contribution < -0.4 is 0 Å². The number of nitrogens with zero attached hydrogens (tertiary/aromatic N) is 2. The second-order valence-electron chi connectivity index (χ2n) is 3.64. The molecule has 1 N–H and O–H groups in total. The second-order valence-corrected chi connectivity index (χ2v) is 3.64. The van der Waals surface area contributed by atoms with E-state index >= 15 is 0 Å². The van der Waals surface area contributed by atoms with Gasteiger partial charge in [0.2, 0.25) is 0 Å². The summed E-state index contributed by atoms with van der Waals surface area (Å²) >= 11 is 0. The molecule has 4 nitrogen and oxygen atoms in total. The number of halogens is 4. The Bertz CT molecular complexity index is 634. The van der Waals surface area contributed by atoms with Gasteiger partial charge in [-0.25, -0.2) is 13.9 Å². The molecule has 0 spiro atoms. The fraction of sp³-hybridized carbons (Fsp3) is 0.0909. The third-order valence-electron chi connectivity index (χ3n) is 2.35. The van der Waals surface area contributed by atoms with E-state index < -0.39 is 23.5 Å². The van der Waals surface area contributed by atoms with E-state index in [1.54, 1.807) is 0 Å². The highest BCUT2D eigenvalue weighted by atomic mass is 19.4. The monoisotopic (exact) mass is 274 g/mol. The molecule has 100 valence electrons. The summed E-state index contributed by atoms with van der Waals surface area (Å²) < 4.78 is 51.5. The lowest BCUT2D eigenvalue weighted by atomic mass is 10.2. The van der Waals surface area contributed by atoms with Crippen LogP contribution in [0.1, 0.15) is 15.9 Å². The topological polar surface area (TPSA) is 55.1 Å². The van der Waals surface area contributed by atoms with Gasteiger partial charge in [0.05, 0.1) is 17.3 Å². The van der Waals surface area contributed by atoms with E-state index in [0.717, 1.165) is 23.1 Å². The van der Waals surface area contributed by atoms with Crippen LogP contribution in [0.3, 0.4) is 0 Å². The minimum atomic E-state index is -4.64. The number of carboxylic acid groups (broad SMARTS) is 1. The Balaban J connectivity index is 2.43. The molecule has 0 radical (unpaired) electrons. The quantitative estimate of drug-likeness (QED) is 0.857. The molecule has 0 aliphatic heterocycles. The molecule has 8 heteroatoms. The number of hydrogen-bond acceptors (Lipinski definition) is 2. The van der Waals surface area contributed by atoms with Gasteiger partial charge in [0.15, 0.2) is 0 Å². The fourth-order valence-corrected chi connectivity index (χ4v) is 1.43. The number of carbonyl (C=O) groups is 1. The van der Waals surface area contributed by atoms with E-state index in [-0.39, 0.29) is 11.3 Å². The van der Waals surface area contributed by atoms with E-state index in [1.165, 1.54) is 0 Å². The molecule has 1 heterocycles. The van der Waals surface area contributed by atoms with Crippen LogP contribution in [0, 0.1) is 5.82 Å². The Morgan fingerprint density at radius 3 is 2.47 bits per heavy atom. The lowest BCUT2D eigenvalue weighted by Crippen LogP contribution is -2.07. The maximum atomic E-state index is 13.6. The first-order chi connectivity index (χ1) is 8.79. The first kappa shape index (κ1) is 13.1. The first-order valence-electron chi connectivity index (χ1n) is 4.94. The van der Waals surface area contributed by atoms with Crippen molar-refractivity contribution in [2.75, 3.05) is 0 Å². The molecule has 0 saturated carbocycles. The smallest absolute Gasteiger partial charge is 0.416 e. The van der Waals surface area contributed by atoms with Gasteiger partial charge in [-0.15, -0.1) is 0 Å². The number of alkyl halides is 3. The van der Waals surface area contributed by atoms with E-state index in [0.29, 0.717) is 12.1 Å². The molecule has 0 unspecified atom stereocenters. The van der Waals surface area contributed by atoms with Crippen LogP contribution >= 0.6 is 0 Å². The molecule has 19 heavy (non-hydrogen) atoms. The summed E-state index contributed by atoms with van der Waals surface area (Å²) in [7, 11) is 0. The summed E-state index contributed by atoms with van der Waals surface area (Å²) in [5.74, 6) is -2.41. The van der Waals surface area contributed by atoms with Gasteiger partial charge in [0, 0.05) is 6.20 Å². The van der Waals surface area contributed by atoms with E-state index in [2.05, 4.69) is 5.10 Å². The SMILES string of the molecule is O=C(O)c1cnn(-c2ccc(C(F)(F)F)cc2F)c1. The number of hydrogen-bond donors (Lipinski definition) is 1. The maximum absolute atomic E-state index is 13.6. The van der Waals surface area contributed by atoms with Crippen LogP contribution in [0.15, 0.2) is 30.6 Å². The Labute approximate surface area is 103 Å². The Kier molecular flexibility index (Phi) is 3.01. The van der Waals surface area contributed by atoms with Crippen LogP contribution in [0.5, 0.6) is 0 Å². The van der Waals surface area contributed by atoms with Gasteiger partial charge < -0.3 is 5.11 Å². The molecule has 0 saturated heterocycles. The standard InChI is InChI=1S/C11H6F4N2O2/c12-8-3-7(11(13,14)15)1-2-9(8)17-5-6(4-16-17)10(18)19/h1-5H,(H,18,19). The summed E-state index contributed by atoms with van der Waals surface area (Å²) in [4.78, 5) is 10.6. The average Bonchev–Trinajstić information content (AvgIpc) is 2.76. The zero-order valence-corrected chi connectivity index (χ0v) is 9.15. The Morgan fingerprint density at radius 2 is 2.00 bits per heavy atom. The lowest BCUT2D eigenvalue weighted by molar-refractivity contribution is -0.137. The fourth-order valence-electron chi connectivity index (χ4n) is 1.43. The summed E-state index contributed by atoms with van der Waals surface area (Å²) in [6.07, 6.45) is -2.66. The molecular formula is C11H6F4N2O2. The highest BCUT2D eigenvalue weighted by Crippen LogP contribution is 2.30. The predicted molar refractivity (Wildman–Crippen MR) is 55.5 cm³/mol. The van der Waals surface area contributed by atoms with Crippen molar-refractivity contribution in [1.82, 2.24) is 9.78 Å². The van der Waals surface area contributed by atoms with Gasteiger partial charge >= 0.3 is 12.1 Å². The molecule has 0 atom stereocenters. The van der Waals surface area contributed by atoms with E-state index in [1.807, 2.05) is 0 Å². The van der Waals surface area contributed by atoms with Crippen molar-refractivity contribution < 1.29 is 27.5 Å². The van der Waals surface area contributed by atoms with Crippen molar-refractivity contribution in [2.24, 2.45) is 0 Å². The molecular weight excluding hydrogens is 268 g/mol. The van der Waals surface area contributed by atoms with E-state index in [9.17, 15) is 22.4 Å². The molecule has 1 aromatic heterocycles. The zero-order valence-electron chi connectivity index (χ0n) is 9.15. The number of rotatable bonds is 2. The molecule has 0 bridgehead atoms. The van der Waals surface area contributed by atoms with Crippen LogP contribution in [-0.4, -0.2) is 20.9 Å². The normalized spacial score (nSPS) is 11.6. The van der Waals surface area contributed by atoms with Crippen LogP contribution in [0.25, 0.3) is 5.69 Å². The van der Waals surface area contributed by atoms with E-state index in [4.69, 9.17) is 5.11 Å². The van der Waals surface area contributed by atoms with Gasteiger partial charge in [-0.2, -0.15) is 18.3 Å². The molecule has 2 rings (SSSR count). The zero-order chi connectivity index (χ0) is 14.2. The molecule has 0 fully saturated rings. The molecule has 1 aromatic carbocycles. The largest absolute Gasteiger partial charge is 0.478 e. The summed E-state index contributed by atoms with van der Waals surface area (Å²) in [6, 6.07) is 1.91. The van der Waals surface area contributed by atoms with Crippen molar-refractivity contribution in [2.45, 2.75) is 6.18 Å². The van der Waals surface area contributed by atoms with Gasteiger partial charge in [-0.1, -0.05) is 0 Å². The average molecular weight is 274 g/mol. The molecule has 0 aliphatic carbocycles. The Morgan fingerprint density at radius 1 is 1.32 bits per heavy atom. The highest BCUT2D eigenvalue weighted by molar-refractivity contribution is 5.86. The maximum Gasteiger partial charge on any atom is 0.416 e. The highest BCUT2D eigenvalue weighted by Gasteiger charge is 2.31. The van der Waals surface area contributed by atoms with Crippen molar-refractivity contribution in [3.8, 4) is 5.69 Å². The second kappa shape index (κ2) is 4.38. The summed E-state index contributed by atoms with van der Waals surface area (Å²) in [6.45, 7) is 0. The third-order valence-corrected chi connectivity index (χ3v) is 2.35. The van der Waals surface area contributed by atoms with Crippen LogP contribution in [-0.2, 0) is 6.18 Å².